The van der Waals surface area contributed by atoms with Gasteiger partial charge in [0.15, 0.2) is 11.4 Å². The smallest absolute Gasteiger partial charge is 0.345 e. The van der Waals surface area contributed by atoms with Gasteiger partial charge in [0, 0.05) is 12.5 Å². The Kier molecular flexibility index (Phi) is 5.47. The second-order valence-corrected chi connectivity index (χ2v) is 4.94. The van der Waals surface area contributed by atoms with Gasteiger partial charge in [0.05, 0.1) is 18.2 Å². The molecule has 2 aromatic rings. The highest BCUT2D eigenvalue weighted by molar-refractivity contribution is 5.95. The average molecular weight is 341 g/mol. The molecule has 4 N–H and O–H groups in total. The van der Waals surface area contributed by atoms with Crippen LogP contribution in [-0.4, -0.2) is 40.1 Å². The van der Waals surface area contributed by atoms with Gasteiger partial charge in [-0.25, -0.2) is 9.78 Å². The largest absolute Gasteiger partial charge is 0.477 e. The van der Waals surface area contributed by atoms with Gasteiger partial charge in [0.25, 0.3) is 0 Å². The Morgan fingerprint density at radius 2 is 2.16 bits per heavy atom. The molecule has 128 valence electrons. The average Bonchev–Trinajstić information content (AvgIpc) is 2.57. The molecule has 1 heterocycles. The van der Waals surface area contributed by atoms with E-state index in [4.69, 9.17) is 15.7 Å². The highest BCUT2D eigenvalue weighted by Gasteiger charge is 2.21. The summed E-state index contributed by atoms with van der Waals surface area (Å²) in [4.78, 5) is 30.3. The fourth-order valence-corrected chi connectivity index (χ4v) is 1.99. The van der Waals surface area contributed by atoms with Crippen LogP contribution >= 0.6 is 0 Å². The summed E-state index contributed by atoms with van der Waals surface area (Å²) in [5.74, 6) is -1.89. The van der Waals surface area contributed by atoms with Crippen molar-refractivity contribution in [3.8, 4) is 23.3 Å². The van der Waals surface area contributed by atoms with Crippen LogP contribution < -0.4 is 15.8 Å². The predicted molar refractivity (Wildman–Crippen MR) is 87.7 cm³/mol. The van der Waals surface area contributed by atoms with E-state index in [9.17, 15) is 14.7 Å². The summed E-state index contributed by atoms with van der Waals surface area (Å²) in [5.41, 5.74) is 6.27. The Morgan fingerprint density at radius 3 is 2.80 bits per heavy atom. The minimum atomic E-state index is -1.33. The maximum Gasteiger partial charge on any atom is 0.345 e. The number of rotatable bonds is 6. The summed E-state index contributed by atoms with van der Waals surface area (Å²) in [6, 6.07) is 8.47. The Hall–Kier alpha value is -3.67. The van der Waals surface area contributed by atoms with Crippen molar-refractivity contribution in [1.82, 2.24) is 15.3 Å². The zero-order valence-corrected chi connectivity index (χ0v) is 13.3. The van der Waals surface area contributed by atoms with Crippen molar-refractivity contribution in [3.63, 3.8) is 0 Å². The predicted octanol–water partition coefficient (Wildman–Crippen LogP) is 0.811. The van der Waals surface area contributed by atoms with Crippen molar-refractivity contribution in [2.75, 3.05) is 18.9 Å². The third-order valence-corrected chi connectivity index (χ3v) is 3.08. The molecule has 0 saturated heterocycles. The molecule has 0 radical (unpaired) electrons. The number of aromatic nitrogens is 2. The number of benzene rings is 1. The van der Waals surface area contributed by atoms with E-state index in [0.29, 0.717) is 11.1 Å². The summed E-state index contributed by atoms with van der Waals surface area (Å²) in [5, 5.41) is 20.8. The second-order valence-electron chi connectivity index (χ2n) is 4.94. The molecule has 1 aromatic carbocycles. The van der Waals surface area contributed by atoms with E-state index in [-0.39, 0.29) is 42.1 Å². The summed E-state index contributed by atoms with van der Waals surface area (Å²) in [6.45, 7) is 1.54. The highest BCUT2D eigenvalue weighted by Crippen LogP contribution is 2.26. The Morgan fingerprint density at radius 1 is 1.40 bits per heavy atom. The minimum Gasteiger partial charge on any atom is -0.477 e. The zero-order valence-electron chi connectivity index (χ0n) is 13.3. The number of nitrogens with two attached hydrogens (primary N) is 1. The molecular weight excluding hydrogens is 326 g/mol. The lowest BCUT2D eigenvalue weighted by atomic mass is 10.1. The van der Waals surface area contributed by atoms with Gasteiger partial charge < -0.3 is 20.9 Å². The lowest BCUT2D eigenvalue weighted by Crippen LogP contribution is -2.26. The molecule has 0 aliphatic rings. The van der Waals surface area contributed by atoms with Crippen molar-refractivity contribution in [1.29, 1.82) is 5.26 Å². The molecule has 0 saturated carbocycles. The molecule has 0 fully saturated rings. The first-order valence-electron chi connectivity index (χ1n) is 7.21. The number of aromatic carboxylic acids is 1. The summed E-state index contributed by atoms with van der Waals surface area (Å²) >= 11 is 0. The van der Waals surface area contributed by atoms with E-state index >= 15 is 0 Å². The van der Waals surface area contributed by atoms with Crippen LogP contribution in [0.4, 0.5) is 5.82 Å². The van der Waals surface area contributed by atoms with Crippen LogP contribution in [0.3, 0.4) is 0 Å². The van der Waals surface area contributed by atoms with Crippen LogP contribution in [0.1, 0.15) is 22.8 Å². The van der Waals surface area contributed by atoms with Crippen LogP contribution in [0.25, 0.3) is 11.4 Å². The van der Waals surface area contributed by atoms with Gasteiger partial charge >= 0.3 is 5.97 Å². The number of nitrogens with zero attached hydrogens (tertiary/aromatic N) is 3. The lowest BCUT2D eigenvalue weighted by molar-refractivity contribution is -0.119. The van der Waals surface area contributed by atoms with E-state index in [1.165, 1.54) is 6.92 Å². The van der Waals surface area contributed by atoms with Crippen LogP contribution in [0.5, 0.6) is 5.88 Å². The van der Waals surface area contributed by atoms with Gasteiger partial charge in [-0.1, -0.05) is 12.1 Å². The maximum atomic E-state index is 11.4. The molecule has 0 aliphatic heterocycles. The monoisotopic (exact) mass is 341 g/mol. The molecule has 2 rings (SSSR count). The van der Waals surface area contributed by atoms with Gasteiger partial charge in [0.2, 0.25) is 11.8 Å². The fourth-order valence-electron chi connectivity index (χ4n) is 1.99. The molecule has 9 heteroatoms. The van der Waals surface area contributed by atoms with Crippen LogP contribution in [-0.2, 0) is 4.79 Å². The molecule has 0 spiro atoms. The number of carboxylic acid groups (broad SMARTS) is 1. The van der Waals surface area contributed by atoms with Crippen molar-refractivity contribution >= 4 is 17.7 Å². The summed E-state index contributed by atoms with van der Waals surface area (Å²) in [6.07, 6.45) is 0. The van der Waals surface area contributed by atoms with Crippen LogP contribution in [0.15, 0.2) is 24.3 Å². The Balaban J connectivity index is 2.38. The fraction of sp³-hybridized carbons (Fsp3) is 0.188. The third-order valence-electron chi connectivity index (χ3n) is 3.08. The molecule has 0 aliphatic carbocycles. The van der Waals surface area contributed by atoms with Crippen molar-refractivity contribution in [3.05, 3.63) is 35.4 Å². The number of nitrogens with one attached hydrogen (secondary N) is 1. The first kappa shape index (κ1) is 17.7. The number of anilines is 1. The number of nitrogen functional groups attached to an aromatic ring is 1. The number of ether oxygens (including phenoxy) is 1. The molecule has 0 unspecified atom stereocenters. The molecule has 9 nitrogen and oxygen atoms in total. The molecule has 25 heavy (non-hydrogen) atoms. The standard InChI is InChI=1S/C16H15N5O4/c1-9(22)19-5-6-25-15-12(16(23)24)13(18)20-14(21-15)11-4-2-3-10(7-11)8-17/h2-4,7H,5-6H2,1H3,(H,19,22)(H,23,24)(H2,18,20,21). The number of hydrogen-bond acceptors (Lipinski definition) is 7. The van der Waals surface area contributed by atoms with E-state index in [1.807, 2.05) is 6.07 Å². The second kappa shape index (κ2) is 7.74. The first-order chi connectivity index (χ1) is 11.9. The Bertz CT molecular complexity index is 860. The number of nitriles is 1. The molecule has 1 aromatic heterocycles. The molecule has 1 amide bonds. The normalized spacial score (nSPS) is 9.92. The van der Waals surface area contributed by atoms with Crippen molar-refractivity contribution in [2.24, 2.45) is 0 Å². The summed E-state index contributed by atoms with van der Waals surface area (Å²) in [7, 11) is 0. The van der Waals surface area contributed by atoms with Crippen molar-refractivity contribution in [2.45, 2.75) is 6.92 Å². The zero-order chi connectivity index (χ0) is 18.4. The van der Waals surface area contributed by atoms with E-state index < -0.39 is 5.97 Å². The number of carbonyl (C=O) groups excluding carboxylic acids is 1. The SMILES string of the molecule is CC(=O)NCCOc1nc(-c2cccc(C#N)c2)nc(N)c1C(=O)O. The lowest BCUT2D eigenvalue weighted by Gasteiger charge is -2.12. The van der Waals surface area contributed by atoms with Crippen LogP contribution in [0.2, 0.25) is 0 Å². The number of amides is 1. The maximum absolute atomic E-state index is 11.4. The highest BCUT2D eigenvalue weighted by atomic mass is 16.5. The van der Waals surface area contributed by atoms with E-state index in [2.05, 4.69) is 15.3 Å². The van der Waals surface area contributed by atoms with Gasteiger partial charge in [0.1, 0.15) is 12.4 Å². The quantitative estimate of drug-likeness (QED) is 0.653. The van der Waals surface area contributed by atoms with Gasteiger partial charge in [-0.3, -0.25) is 4.79 Å². The summed E-state index contributed by atoms with van der Waals surface area (Å²) < 4.78 is 5.36. The third kappa shape index (κ3) is 4.42. The Labute approximate surface area is 143 Å². The van der Waals surface area contributed by atoms with E-state index in [0.717, 1.165) is 0 Å². The number of carboxylic acids is 1. The van der Waals surface area contributed by atoms with E-state index in [1.54, 1.807) is 24.3 Å². The van der Waals surface area contributed by atoms with Gasteiger partial charge in [-0.15, -0.1) is 0 Å². The molecule has 0 atom stereocenters. The number of carbonyl (C=O) groups is 2. The van der Waals surface area contributed by atoms with Crippen molar-refractivity contribution < 1.29 is 19.4 Å². The minimum absolute atomic E-state index is 0.00793. The van der Waals surface area contributed by atoms with Crippen LogP contribution in [0, 0.1) is 11.3 Å². The molecular formula is C16H15N5O4. The first-order valence-corrected chi connectivity index (χ1v) is 7.21. The topological polar surface area (TPSA) is 151 Å². The number of hydrogen-bond donors (Lipinski definition) is 3. The molecule has 0 bridgehead atoms. The van der Waals surface area contributed by atoms with Gasteiger partial charge in [-0.05, 0) is 12.1 Å². The van der Waals surface area contributed by atoms with Gasteiger partial charge in [-0.2, -0.15) is 10.2 Å².